The molecule has 0 bridgehead atoms. The third kappa shape index (κ3) is 7.05. The molecule has 0 spiro atoms. The average molecular weight is 519 g/mol. The fourth-order valence-electron chi connectivity index (χ4n) is 3.89. The summed E-state index contributed by atoms with van der Waals surface area (Å²) in [5.74, 6) is -0.487. The van der Waals surface area contributed by atoms with Crippen LogP contribution in [0.2, 0.25) is 0 Å². The largest absolute Gasteiger partial charge is 0.494 e. The number of benzene rings is 2. The van der Waals surface area contributed by atoms with Gasteiger partial charge in [-0.3, -0.25) is 9.59 Å². The average Bonchev–Trinajstić information content (AvgIpc) is 3.32. The summed E-state index contributed by atoms with van der Waals surface area (Å²) in [7, 11) is -2.82. The van der Waals surface area contributed by atoms with Crippen molar-refractivity contribution in [2.75, 3.05) is 20.3 Å². The Morgan fingerprint density at radius 2 is 1.81 bits per heavy atom. The van der Waals surface area contributed by atoms with E-state index in [0.717, 1.165) is 22.7 Å². The van der Waals surface area contributed by atoms with Crippen molar-refractivity contribution in [2.24, 2.45) is 0 Å². The van der Waals surface area contributed by atoms with Crippen LogP contribution in [0.1, 0.15) is 38.7 Å². The van der Waals surface area contributed by atoms with Gasteiger partial charge in [0.05, 0.1) is 25.2 Å². The normalized spacial score (nSPS) is 19.0. The van der Waals surface area contributed by atoms with E-state index in [1.165, 1.54) is 19.2 Å². The van der Waals surface area contributed by atoms with Gasteiger partial charge in [-0.1, -0.05) is 43.7 Å². The van der Waals surface area contributed by atoms with Gasteiger partial charge in [-0.2, -0.15) is 4.31 Å². The van der Waals surface area contributed by atoms with Gasteiger partial charge in [-0.25, -0.2) is 8.42 Å². The quantitative estimate of drug-likeness (QED) is 0.340. The number of sulfonamides is 1. The van der Waals surface area contributed by atoms with Gasteiger partial charge in [0.25, 0.3) is 0 Å². The second-order valence-corrected chi connectivity index (χ2v) is 10.6. The Balaban J connectivity index is 1.66. The maximum Gasteiger partial charge on any atom is 0.324 e. The SMILES string of the molecule is CCCCOc1ccc(S(=O)(=O)N2C[C@@H](NC(=O)[C@H](C)OCc3ccccc3)C[C@@H]2C(=O)OC)cc1. The third-order valence-corrected chi connectivity index (χ3v) is 7.87. The Hall–Kier alpha value is -2.95. The number of hydrogen-bond donors (Lipinski definition) is 1. The zero-order valence-electron chi connectivity index (χ0n) is 20.9. The number of carbonyl (C=O) groups excluding carboxylic acids is 2. The number of esters is 1. The number of hydrogen-bond acceptors (Lipinski definition) is 7. The molecule has 10 heteroatoms. The molecule has 1 saturated heterocycles. The zero-order chi connectivity index (χ0) is 26.1. The molecule has 1 fully saturated rings. The van der Waals surface area contributed by atoms with Crippen LogP contribution in [-0.4, -0.2) is 63.0 Å². The van der Waals surface area contributed by atoms with Crippen LogP contribution in [0, 0.1) is 0 Å². The lowest BCUT2D eigenvalue weighted by Gasteiger charge is -2.22. The molecule has 0 aromatic heterocycles. The summed E-state index contributed by atoms with van der Waals surface area (Å²) in [6.07, 6.45) is 1.23. The molecular formula is C26H34N2O7S. The Morgan fingerprint density at radius 3 is 2.44 bits per heavy atom. The molecule has 0 saturated carbocycles. The minimum atomic E-state index is -4.03. The summed E-state index contributed by atoms with van der Waals surface area (Å²) < 4.78 is 44.0. The number of unbranched alkanes of at least 4 members (excludes halogenated alkanes) is 1. The lowest BCUT2D eigenvalue weighted by Crippen LogP contribution is -2.43. The Kier molecular flexibility index (Phi) is 9.86. The number of nitrogens with one attached hydrogen (secondary N) is 1. The molecule has 3 rings (SSSR count). The number of carbonyl (C=O) groups is 2. The molecular weight excluding hydrogens is 484 g/mol. The van der Waals surface area contributed by atoms with Gasteiger partial charge in [0.2, 0.25) is 15.9 Å². The summed E-state index contributed by atoms with van der Waals surface area (Å²) in [4.78, 5) is 25.2. The second-order valence-electron chi connectivity index (χ2n) is 8.67. The van der Waals surface area contributed by atoms with E-state index < -0.39 is 34.2 Å². The van der Waals surface area contributed by atoms with Crippen molar-refractivity contribution in [3.8, 4) is 5.75 Å². The highest BCUT2D eigenvalue weighted by atomic mass is 32.2. The molecule has 1 N–H and O–H groups in total. The van der Waals surface area contributed by atoms with E-state index in [1.807, 2.05) is 30.3 Å². The van der Waals surface area contributed by atoms with Gasteiger partial charge >= 0.3 is 5.97 Å². The van der Waals surface area contributed by atoms with E-state index >= 15 is 0 Å². The van der Waals surface area contributed by atoms with Crippen molar-refractivity contribution in [2.45, 2.75) is 62.8 Å². The van der Waals surface area contributed by atoms with Crippen molar-refractivity contribution in [1.29, 1.82) is 0 Å². The standard InChI is InChI=1S/C26H34N2O7S/c1-4-5-15-34-22-11-13-23(14-12-22)36(31,32)28-17-21(16-24(28)26(30)33-3)27-25(29)19(2)35-18-20-9-7-6-8-10-20/h6-14,19,21,24H,4-5,15-18H2,1-3H3,(H,27,29)/t19-,21-,24+/m0/s1. The minimum Gasteiger partial charge on any atom is -0.494 e. The van der Waals surface area contributed by atoms with Gasteiger partial charge in [0.15, 0.2) is 0 Å². The molecule has 2 aromatic carbocycles. The first-order valence-electron chi connectivity index (χ1n) is 12.0. The number of rotatable bonds is 12. The van der Waals surface area contributed by atoms with Crippen LogP contribution in [-0.2, 0) is 35.7 Å². The molecule has 2 aromatic rings. The maximum atomic E-state index is 13.4. The fourth-order valence-corrected chi connectivity index (χ4v) is 5.53. The molecule has 0 aliphatic carbocycles. The van der Waals surface area contributed by atoms with Gasteiger partial charge in [-0.15, -0.1) is 0 Å². The van der Waals surface area contributed by atoms with Crippen LogP contribution in [0.3, 0.4) is 0 Å². The van der Waals surface area contributed by atoms with Crippen molar-refractivity contribution in [3.63, 3.8) is 0 Å². The lowest BCUT2D eigenvalue weighted by molar-refractivity contribution is -0.144. The summed E-state index contributed by atoms with van der Waals surface area (Å²) >= 11 is 0. The molecule has 1 aliphatic heterocycles. The topological polar surface area (TPSA) is 111 Å². The molecule has 1 heterocycles. The Labute approximate surface area is 212 Å². The van der Waals surface area contributed by atoms with E-state index in [2.05, 4.69) is 12.2 Å². The second kappa shape index (κ2) is 12.8. The molecule has 0 unspecified atom stereocenters. The highest BCUT2D eigenvalue weighted by molar-refractivity contribution is 7.89. The van der Waals surface area contributed by atoms with Crippen molar-refractivity contribution in [1.82, 2.24) is 9.62 Å². The number of amides is 1. The molecule has 1 aliphatic rings. The first kappa shape index (κ1) is 27.6. The van der Waals surface area contributed by atoms with E-state index in [1.54, 1.807) is 19.1 Å². The van der Waals surface area contributed by atoms with Crippen LogP contribution in [0.4, 0.5) is 0 Å². The fraction of sp³-hybridized carbons (Fsp3) is 0.462. The summed E-state index contributed by atoms with van der Waals surface area (Å²) in [6.45, 7) is 4.44. The summed E-state index contributed by atoms with van der Waals surface area (Å²) in [5.41, 5.74) is 0.933. The zero-order valence-corrected chi connectivity index (χ0v) is 21.7. The molecule has 196 valence electrons. The molecule has 3 atom stereocenters. The minimum absolute atomic E-state index is 0.0331. The van der Waals surface area contributed by atoms with Gasteiger partial charge in [0.1, 0.15) is 17.9 Å². The van der Waals surface area contributed by atoms with Crippen molar-refractivity contribution < 1.29 is 32.2 Å². The van der Waals surface area contributed by atoms with Crippen LogP contribution >= 0.6 is 0 Å². The van der Waals surface area contributed by atoms with Crippen molar-refractivity contribution in [3.05, 3.63) is 60.2 Å². The highest BCUT2D eigenvalue weighted by Crippen LogP contribution is 2.28. The van der Waals surface area contributed by atoms with Gasteiger partial charge < -0.3 is 19.5 Å². The molecule has 36 heavy (non-hydrogen) atoms. The van der Waals surface area contributed by atoms with Crippen LogP contribution in [0.15, 0.2) is 59.5 Å². The third-order valence-electron chi connectivity index (χ3n) is 5.98. The molecule has 0 radical (unpaired) electrons. The predicted octanol–water partition coefficient (Wildman–Crippen LogP) is 2.89. The first-order chi connectivity index (χ1) is 17.3. The lowest BCUT2D eigenvalue weighted by atomic mass is 10.1. The van der Waals surface area contributed by atoms with Gasteiger partial charge in [0, 0.05) is 12.6 Å². The number of nitrogens with zero attached hydrogens (tertiary/aromatic N) is 1. The smallest absolute Gasteiger partial charge is 0.324 e. The number of ether oxygens (including phenoxy) is 3. The van der Waals surface area contributed by atoms with E-state index in [4.69, 9.17) is 14.2 Å². The van der Waals surface area contributed by atoms with Crippen LogP contribution in [0.25, 0.3) is 0 Å². The van der Waals surface area contributed by atoms with E-state index in [-0.39, 0.29) is 30.4 Å². The first-order valence-corrected chi connectivity index (χ1v) is 13.5. The summed E-state index contributed by atoms with van der Waals surface area (Å²) in [5, 5.41) is 2.82. The summed E-state index contributed by atoms with van der Waals surface area (Å²) in [6, 6.07) is 13.9. The maximum absolute atomic E-state index is 13.4. The Bertz CT molecular complexity index is 1110. The highest BCUT2D eigenvalue weighted by Gasteiger charge is 2.45. The predicted molar refractivity (Wildman–Crippen MR) is 134 cm³/mol. The van der Waals surface area contributed by atoms with E-state index in [9.17, 15) is 18.0 Å². The van der Waals surface area contributed by atoms with Crippen molar-refractivity contribution >= 4 is 21.9 Å². The van der Waals surface area contributed by atoms with E-state index in [0.29, 0.717) is 12.4 Å². The molecule has 9 nitrogen and oxygen atoms in total. The monoisotopic (exact) mass is 518 g/mol. The molecule has 1 amide bonds. The van der Waals surface area contributed by atoms with Crippen LogP contribution in [0.5, 0.6) is 5.75 Å². The number of methoxy groups -OCH3 is 1. The van der Waals surface area contributed by atoms with Gasteiger partial charge in [-0.05, 0) is 49.6 Å². The van der Waals surface area contributed by atoms with Crippen LogP contribution < -0.4 is 10.1 Å². The Morgan fingerprint density at radius 1 is 1.11 bits per heavy atom.